The predicted molar refractivity (Wildman–Crippen MR) is 184 cm³/mol. The van der Waals surface area contributed by atoms with Crippen LogP contribution in [0.25, 0.3) is 0 Å². The molecule has 0 radical (unpaired) electrons. The molecule has 4 aromatic carbocycles. The Bertz CT molecular complexity index is 1710. The van der Waals surface area contributed by atoms with E-state index in [1.54, 1.807) is 5.01 Å². The number of hydrogen-bond acceptors (Lipinski definition) is 5. The fourth-order valence-corrected chi connectivity index (χ4v) is 7.82. The van der Waals surface area contributed by atoms with Crippen LogP contribution in [0.15, 0.2) is 75.7 Å². The summed E-state index contributed by atoms with van der Waals surface area (Å²) < 4.78 is 8.39. The first kappa shape index (κ1) is 29.5. The number of carbonyl (C=O) groups excluding carboxylic acids is 1. The number of amides is 1. The highest BCUT2D eigenvalue weighted by Crippen LogP contribution is 2.61. The predicted octanol–water partition coefficient (Wildman–Crippen LogP) is 8.45. The maximum atomic E-state index is 14.4. The van der Waals surface area contributed by atoms with Crippen molar-refractivity contribution in [1.29, 1.82) is 0 Å². The molecule has 0 atom stereocenters. The largest absolute Gasteiger partial charge is 0.454 e. The van der Waals surface area contributed by atoms with Gasteiger partial charge in [0.05, 0.1) is 20.3 Å². The Morgan fingerprint density at radius 3 is 1.93 bits per heavy atom. The SMILES string of the molecule is CCNc1c(C)cc2c(c1Br)Oc1c(cc(C)c(NCC)c1Br)C21c2ccccc2C(=O)N1NC(=S)Nc1ccccc1. The Kier molecular flexibility index (Phi) is 7.87. The van der Waals surface area contributed by atoms with Crippen LogP contribution in [0.2, 0.25) is 0 Å². The van der Waals surface area contributed by atoms with Crippen molar-refractivity contribution < 1.29 is 9.53 Å². The number of fused-ring (bicyclic) bond motifs is 6. The van der Waals surface area contributed by atoms with E-state index in [1.165, 1.54) is 0 Å². The number of aryl methyl sites for hydroxylation is 2. The Hall–Kier alpha value is -3.60. The number of nitrogens with one attached hydrogen (secondary N) is 4. The third-order valence-electron chi connectivity index (χ3n) is 7.86. The van der Waals surface area contributed by atoms with Crippen LogP contribution in [-0.2, 0) is 5.54 Å². The highest BCUT2D eigenvalue weighted by Gasteiger charge is 2.58. The van der Waals surface area contributed by atoms with Crippen molar-refractivity contribution in [2.24, 2.45) is 0 Å². The van der Waals surface area contributed by atoms with E-state index in [-0.39, 0.29) is 5.91 Å². The molecular formula is C33H31Br2N5O2S. The van der Waals surface area contributed by atoms with Gasteiger partial charge in [-0.2, -0.15) is 0 Å². The Labute approximate surface area is 273 Å². The molecule has 0 saturated heterocycles. The van der Waals surface area contributed by atoms with Crippen molar-refractivity contribution >= 4 is 72.2 Å². The number of ether oxygens (including phenoxy) is 1. The van der Waals surface area contributed by atoms with Gasteiger partial charge in [-0.05, 0) is 113 Å². The molecule has 6 rings (SSSR count). The number of benzene rings is 4. The number of halogens is 2. The van der Waals surface area contributed by atoms with Crippen molar-refractivity contribution in [3.05, 3.63) is 109 Å². The molecular weight excluding hydrogens is 690 g/mol. The molecule has 0 bridgehead atoms. The number of para-hydroxylation sites is 1. The van der Waals surface area contributed by atoms with Crippen LogP contribution >= 0.6 is 44.1 Å². The average molecular weight is 722 g/mol. The molecule has 0 saturated carbocycles. The van der Waals surface area contributed by atoms with Gasteiger partial charge in [-0.25, -0.2) is 5.01 Å². The summed E-state index contributed by atoms with van der Waals surface area (Å²) in [6.07, 6.45) is 0. The first-order valence-corrected chi connectivity index (χ1v) is 16.1. The Morgan fingerprint density at radius 1 is 0.837 bits per heavy atom. The summed E-state index contributed by atoms with van der Waals surface area (Å²) >= 11 is 13.6. The molecule has 1 spiro atoms. The van der Waals surface area contributed by atoms with Crippen LogP contribution in [-0.4, -0.2) is 29.1 Å². The second-order valence-electron chi connectivity index (χ2n) is 10.5. The van der Waals surface area contributed by atoms with Crippen LogP contribution in [0.1, 0.15) is 52.0 Å². The lowest BCUT2D eigenvalue weighted by Crippen LogP contribution is -2.56. The highest BCUT2D eigenvalue weighted by molar-refractivity contribution is 9.11. The highest BCUT2D eigenvalue weighted by atomic mass is 79.9. The maximum absolute atomic E-state index is 14.4. The number of nitrogens with zero attached hydrogens (tertiary/aromatic N) is 1. The average Bonchev–Trinajstić information content (AvgIpc) is 3.23. The summed E-state index contributed by atoms with van der Waals surface area (Å²) in [4.78, 5) is 14.4. The summed E-state index contributed by atoms with van der Waals surface area (Å²) in [5, 5.41) is 12.1. The van der Waals surface area contributed by atoms with E-state index in [0.717, 1.165) is 66.9 Å². The number of thiocarbonyl (C=S) groups is 1. The van der Waals surface area contributed by atoms with Crippen molar-refractivity contribution in [3.8, 4) is 11.5 Å². The Morgan fingerprint density at radius 2 is 1.37 bits per heavy atom. The van der Waals surface area contributed by atoms with E-state index in [0.29, 0.717) is 22.2 Å². The molecule has 1 amide bonds. The molecule has 0 fully saturated rings. The van der Waals surface area contributed by atoms with E-state index in [9.17, 15) is 4.79 Å². The van der Waals surface area contributed by atoms with Gasteiger partial charge in [0.1, 0.15) is 17.0 Å². The van der Waals surface area contributed by atoms with E-state index < -0.39 is 5.54 Å². The van der Waals surface area contributed by atoms with Gasteiger partial charge >= 0.3 is 0 Å². The molecule has 2 aliphatic rings. The van der Waals surface area contributed by atoms with Gasteiger partial charge in [0, 0.05) is 41.0 Å². The van der Waals surface area contributed by atoms with Gasteiger partial charge in [-0.1, -0.05) is 36.4 Å². The second-order valence-corrected chi connectivity index (χ2v) is 12.5. The molecule has 2 heterocycles. The lowest BCUT2D eigenvalue weighted by Gasteiger charge is -2.45. The van der Waals surface area contributed by atoms with E-state index >= 15 is 0 Å². The number of rotatable bonds is 6. The lowest BCUT2D eigenvalue weighted by molar-refractivity contribution is 0.0594. The molecule has 4 aromatic rings. The van der Waals surface area contributed by atoms with Gasteiger partial charge in [0.15, 0.2) is 5.11 Å². The van der Waals surface area contributed by atoms with Gasteiger partial charge < -0.3 is 20.7 Å². The van der Waals surface area contributed by atoms with Crippen LogP contribution in [0.5, 0.6) is 11.5 Å². The minimum atomic E-state index is -1.12. The van der Waals surface area contributed by atoms with Crippen LogP contribution in [0.3, 0.4) is 0 Å². The molecule has 0 aliphatic carbocycles. The van der Waals surface area contributed by atoms with Gasteiger partial charge in [0.25, 0.3) is 5.91 Å². The molecule has 7 nitrogen and oxygen atoms in total. The van der Waals surface area contributed by atoms with Gasteiger partial charge in [-0.15, -0.1) is 0 Å². The van der Waals surface area contributed by atoms with E-state index in [1.807, 2.05) is 54.6 Å². The summed E-state index contributed by atoms with van der Waals surface area (Å²) in [7, 11) is 0. The summed E-state index contributed by atoms with van der Waals surface area (Å²) in [6.45, 7) is 9.71. The minimum Gasteiger partial charge on any atom is -0.454 e. The summed E-state index contributed by atoms with van der Waals surface area (Å²) in [6, 6.07) is 21.6. The maximum Gasteiger partial charge on any atom is 0.274 e. The standard InChI is InChI=1S/C33H31Br2N5O2S/c1-5-36-27-18(3)16-23-29(25(27)34)42-30-24(17-19(4)28(26(30)35)37-6-2)33(23)22-15-11-10-14-21(22)31(41)40(33)39-32(43)38-20-12-8-7-9-13-20/h7-17,36-37H,5-6H2,1-4H3,(H2,38,39,43). The van der Waals surface area contributed by atoms with Crippen molar-refractivity contribution in [3.63, 3.8) is 0 Å². The molecule has 0 unspecified atom stereocenters. The number of carbonyl (C=O) groups is 1. The summed E-state index contributed by atoms with van der Waals surface area (Å²) in [5.74, 6) is 1.05. The van der Waals surface area contributed by atoms with Crippen molar-refractivity contribution in [2.45, 2.75) is 33.2 Å². The fourth-order valence-electron chi connectivity index (χ4n) is 6.12. The summed E-state index contributed by atoms with van der Waals surface area (Å²) in [5.41, 5.74) is 9.98. The van der Waals surface area contributed by atoms with Crippen molar-refractivity contribution in [2.75, 3.05) is 29.0 Å². The molecule has 10 heteroatoms. The number of hydrazine groups is 1. The molecule has 0 aromatic heterocycles. The topological polar surface area (TPSA) is 77.7 Å². The monoisotopic (exact) mass is 719 g/mol. The first-order valence-electron chi connectivity index (χ1n) is 14.1. The number of anilines is 3. The Balaban J connectivity index is 1.67. The quantitative estimate of drug-likeness (QED) is 0.149. The second kappa shape index (κ2) is 11.5. The zero-order chi connectivity index (χ0) is 30.5. The van der Waals surface area contributed by atoms with Crippen molar-refractivity contribution in [1.82, 2.24) is 10.4 Å². The third-order valence-corrected chi connectivity index (χ3v) is 9.57. The van der Waals surface area contributed by atoms with E-state index in [2.05, 4.69) is 93.1 Å². The van der Waals surface area contributed by atoms with Gasteiger partial charge in [0.2, 0.25) is 0 Å². The van der Waals surface area contributed by atoms with Crippen LogP contribution < -0.4 is 26.1 Å². The minimum absolute atomic E-state index is 0.194. The zero-order valence-electron chi connectivity index (χ0n) is 24.2. The third kappa shape index (κ3) is 4.58. The van der Waals surface area contributed by atoms with E-state index in [4.69, 9.17) is 17.0 Å². The normalized spacial score (nSPS) is 14.0. The molecule has 4 N–H and O–H groups in total. The zero-order valence-corrected chi connectivity index (χ0v) is 28.2. The van der Waals surface area contributed by atoms with Crippen LogP contribution in [0, 0.1) is 13.8 Å². The fraction of sp³-hybridized carbons (Fsp3) is 0.212. The molecule has 2 aliphatic heterocycles. The number of hydrogen-bond donors (Lipinski definition) is 4. The molecule has 220 valence electrons. The van der Waals surface area contributed by atoms with Crippen LogP contribution in [0.4, 0.5) is 17.1 Å². The van der Waals surface area contributed by atoms with Gasteiger partial charge in [-0.3, -0.25) is 10.2 Å². The lowest BCUT2D eigenvalue weighted by atomic mass is 9.74. The molecule has 43 heavy (non-hydrogen) atoms. The first-order chi connectivity index (χ1) is 20.7. The smallest absolute Gasteiger partial charge is 0.274 e.